The molecule has 1 saturated carbocycles. The summed E-state index contributed by atoms with van der Waals surface area (Å²) in [6, 6.07) is 10.3. The van der Waals surface area contributed by atoms with Crippen molar-refractivity contribution in [3.05, 3.63) is 35.9 Å². The first-order chi connectivity index (χ1) is 9.76. The molecule has 20 heavy (non-hydrogen) atoms. The van der Waals surface area contributed by atoms with Crippen molar-refractivity contribution >= 4 is 5.71 Å². The Balaban J connectivity index is 1.44. The topological polar surface area (TPSA) is 30.8 Å². The van der Waals surface area contributed by atoms with Crippen LogP contribution in [0.25, 0.3) is 0 Å². The van der Waals surface area contributed by atoms with E-state index >= 15 is 0 Å². The van der Waals surface area contributed by atoms with Crippen molar-refractivity contribution in [2.24, 2.45) is 11.1 Å². The molecule has 3 nitrogen and oxygen atoms in total. The fourth-order valence-corrected chi connectivity index (χ4v) is 3.09. The van der Waals surface area contributed by atoms with Crippen LogP contribution in [0.3, 0.4) is 0 Å². The van der Waals surface area contributed by atoms with Gasteiger partial charge < -0.3 is 9.57 Å². The van der Waals surface area contributed by atoms with Gasteiger partial charge >= 0.3 is 0 Å². The monoisotopic (exact) mass is 273 g/mol. The molecule has 1 heterocycles. The van der Waals surface area contributed by atoms with Gasteiger partial charge in [0.2, 0.25) is 0 Å². The standard InChI is InChI=1S/C17H23NO2/c1-14-7-9-17(10-8-14)11-16(18-20-17)13-19-12-15-5-3-2-4-6-15/h2-6,14H,7-13H2,1H3. The average Bonchev–Trinajstić information content (AvgIpc) is 2.87. The molecule has 1 aliphatic heterocycles. The van der Waals surface area contributed by atoms with E-state index in [9.17, 15) is 0 Å². The molecule has 1 aromatic rings. The Morgan fingerprint density at radius 3 is 2.70 bits per heavy atom. The van der Waals surface area contributed by atoms with Crippen molar-refractivity contribution in [1.82, 2.24) is 0 Å². The molecule has 0 amide bonds. The Hall–Kier alpha value is -1.35. The first-order valence-electron chi connectivity index (χ1n) is 7.61. The summed E-state index contributed by atoms with van der Waals surface area (Å²) in [5.41, 5.74) is 2.27. The molecule has 1 fully saturated rings. The second kappa shape index (κ2) is 5.96. The number of hydrogen-bond donors (Lipinski definition) is 0. The average molecular weight is 273 g/mol. The molecule has 1 spiro atoms. The first-order valence-corrected chi connectivity index (χ1v) is 7.61. The molecule has 2 aliphatic rings. The second-order valence-corrected chi connectivity index (χ2v) is 6.27. The van der Waals surface area contributed by atoms with Crippen molar-refractivity contribution in [2.75, 3.05) is 6.61 Å². The smallest absolute Gasteiger partial charge is 0.143 e. The maximum absolute atomic E-state index is 5.75. The SMILES string of the molecule is CC1CCC2(CC1)CC(COCc1ccccc1)=NO2. The van der Waals surface area contributed by atoms with Crippen molar-refractivity contribution < 1.29 is 9.57 Å². The summed E-state index contributed by atoms with van der Waals surface area (Å²) in [5, 5.41) is 4.26. The summed E-state index contributed by atoms with van der Waals surface area (Å²) in [6.45, 7) is 3.56. The van der Waals surface area contributed by atoms with Crippen LogP contribution in [0.1, 0.15) is 44.6 Å². The Labute approximate surface area is 121 Å². The van der Waals surface area contributed by atoms with Crippen molar-refractivity contribution in [3.63, 3.8) is 0 Å². The highest BCUT2D eigenvalue weighted by molar-refractivity contribution is 5.87. The minimum absolute atomic E-state index is 0.00203. The molecule has 108 valence electrons. The van der Waals surface area contributed by atoms with Gasteiger partial charge in [-0.1, -0.05) is 42.4 Å². The zero-order valence-corrected chi connectivity index (χ0v) is 12.2. The third kappa shape index (κ3) is 3.21. The number of benzene rings is 1. The Morgan fingerprint density at radius 2 is 1.95 bits per heavy atom. The molecular weight excluding hydrogens is 250 g/mol. The van der Waals surface area contributed by atoms with E-state index < -0.39 is 0 Å². The van der Waals surface area contributed by atoms with E-state index in [1.54, 1.807) is 0 Å². The fourth-order valence-electron chi connectivity index (χ4n) is 3.09. The minimum Gasteiger partial charge on any atom is -0.389 e. The lowest BCUT2D eigenvalue weighted by molar-refractivity contribution is -0.0527. The van der Waals surface area contributed by atoms with Crippen LogP contribution < -0.4 is 0 Å². The van der Waals surface area contributed by atoms with Gasteiger partial charge in [0.25, 0.3) is 0 Å². The highest BCUT2D eigenvalue weighted by atomic mass is 16.7. The maximum atomic E-state index is 5.75. The van der Waals surface area contributed by atoms with Crippen LogP contribution in [-0.4, -0.2) is 17.9 Å². The predicted octanol–water partition coefficient (Wildman–Crippen LogP) is 3.93. The Morgan fingerprint density at radius 1 is 1.20 bits per heavy atom. The van der Waals surface area contributed by atoms with Gasteiger partial charge in [-0.05, 0) is 37.2 Å². The Kier molecular flexibility index (Phi) is 4.06. The number of rotatable bonds is 4. The highest BCUT2D eigenvalue weighted by Gasteiger charge is 2.41. The normalized spacial score (nSPS) is 29.2. The quantitative estimate of drug-likeness (QED) is 0.832. The van der Waals surface area contributed by atoms with E-state index in [0.717, 1.165) is 30.9 Å². The second-order valence-electron chi connectivity index (χ2n) is 6.27. The van der Waals surface area contributed by atoms with Gasteiger partial charge in [0, 0.05) is 6.42 Å². The summed E-state index contributed by atoms with van der Waals surface area (Å²) in [6.07, 6.45) is 5.75. The summed E-state index contributed by atoms with van der Waals surface area (Å²) < 4.78 is 5.75. The summed E-state index contributed by atoms with van der Waals surface area (Å²) in [7, 11) is 0. The number of ether oxygens (including phenoxy) is 1. The molecule has 3 rings (SSSR count). The van der Waals surface area contributed by atoms with Crippen molar-refractivity contribution in [1.29, 1.82) is 0 Å². The van der Waals surface area contributed by atoms with Crippen LogP contribution in [0.5, 0.6) is 0 Å². The van der Waals surface area contributed by atoms with Gasteiger partial charge in [-0.3, -0.25) is 0 Å². The number of oxime groups is 1. The van der Waals surface area contributed by atoms with Gasteiger partial charge in [0.1, 0.15) is 5.60 Å². The van der Waals surface area contributed by atoms with Crippen LogP contribution in [0.15, 0.2) is 35.5 Å². The fraction of sp³-hybridized carbons (Fsp3) is 0.588. The maximum Gasteiger partial charge on any atom is 0.143 e. The van der Waals surface area contributed by atoms with E-state index in [4.69, 9.17) is 9.57 Å². The molecule has 3 heteroatoms. The third-order valence-corrected chi connectivity index (χ3v) is 4.46. The summed E-state index contributed by atoms with van der Waals surface area (Å²) in [4.78, 5) is 5.75. The summed E-state index contributed by atoms with van der Waals surface area (Å²) >= 11 is 0. The molecule has 0 radical (unpaired) electrons. The van der Waals surface area contributed by atoms with Gasteiger partial charge in [0.15, 0.2) is 0 Å². The highest BCUT2D eigenvalue weighted by Crippen LogP contribution is 2.40. The van der Waals surface area contributed by atoms with Gasteiger partial charge in [0.05, 0.1) is 18.9 Å². The molecule has 0 saturated heterocycles. The van der Waals surface area contributed by atoms with E-state index in [1.165, 1.54) is 18.4 Å². The van der Waals surface area contributed by atoms with Crippen LogP contribution in [0.4, 0.5) is 0 Å². The first kappa shape index (κ1) is 13.6. The molecule has 0 atom stereocenters. The van der Waals surface area contributed by atoms with Crippen LogP contribution >= 0.6 is 0 Å². The molecule has 0 N–H and O–H groups in total. The largest absolute Gasteiger partial charge is 0.389 e. The molecule has 1 aromatic carbocycles. The molecule has 0 bridgehead atoms. The van der Waals surface area contributed by atoms with Gasteiger partial charge in [-0.2, -0.15) is 0 Å². The van der Waals surface area contributed by atoms with E-state index in [0.29, 0.717) is 13.2 Å². The Bertz CT molecular complexity index is 461. The van der Waals surface area contributed by atoms with E-state index in [1.807, 2.05) is 18.2 Å². The molecule has 0 aromatic heterocycles. The van der Waals surface area contributed by atoms with Crippen LogP contribution in [0.2, 0.25) is 0 Å². The zero-order valence-electron chi connectivity index (χ0n) is 12.2. The molecule has 1 aliphatic carbocycles. The third-order valence-electron chi connectivity index (χ3n) is 4.46. The lowest BCUT2D eigenvalue weighted by Gasteiger charge is -2.33. The number of nitrogens with zero attached hydrogens (tertiary/aromatic N) is 1. The van der Waals surface area contributed by atoms with Gasteiger partial charge in [-0.25, -0.2) is 0 Å². The lowest BCUT2D eigenvalue weighted by Crippen LogP contribution is -2.34. The van der Waals surface area contributed by atoms with Gasteiger partial charge in [-0.15, -0.1) is 0 Å². The molecular formula is C17H23NO2. The van der Waals surface area contributed by atoms with Crippen molar-refractivity contribution in [2.45, 2.75) is 51.2 Å². The zero-order chi connectivity index (χ0) is 13.8. The lowest BCUT2D eigenvalue weighted by atomic mass is 9.77. The summed E-state index contributed by atoms with van der Waals surface area (Å²) in [5.74, 6) is 0.836. The van der Waals surface area contributed by atoms with Crippen LogP contribution in [-0.2, 0) is 16.2 Å². The minimum atomic E-state index is -0.00203. The van der Waals surface area contributed by atoms with Crippen LogP contribution in [0, 0.1) is 5.92 Å². The number of hydrogen-bond acceptors (Lipinski definition) is 3. The predicted molar refractivity (Wildman–Crippen MR) is 79.6 cm³/mol. The van der Waals surface area contributed by atoms with Crippen molar-refractivity contribution in [3.8, 4) is 0 Å². The molecule has 0 unspecified atom stereocenters. The van der Waals surface area contributed by atoms with E-state index in [-0.39, 0.29) is 5.60 Å². The van der Waals surface area contributed by atoms with E-state index in [2.05, 4.69) is 24.2 Å².